The molecular formula is C33H21N7O. The lowest BCUT2D eigenvalue weighted by molar-refractivity contribution is 0.653. The molecule has 0 radical (unpaired) electrons. The third kappa shape index (κ3) is 4.09. The molecule has 1 aliphatic heterocycles. The monoisotopic (exact) mass is 531 g/mol. The topological polar surface area (TPSA) is 101 Å². The zero-order valence-corrected chi connectivity index (χ0v) is 21.6. The highest BCUT2D eigenvalue weighted by Crippen LogP contribution is 2.33. The van der Waals surface area contributed by atoms with Gasteiger partial charge in [-0.2, -0.15) is 0 Å². The first-order valence-electron chi connectivity index (χ1n) is 13.2. The van der Waals surface area contributed by atoms with Gasteiger partial charge in [-0.15, -0.1) is 0 Å². The van der Waals surface area contributed by atoms with E-state index in [1.54, 1.807) is 0 Å². The molecule has 0 bridgehead atoms. The largest absolute Gasteiger partial charge is 0.438 e. The average molecular weight is 532 g/mol. The highest BCUT2D eigenvalue weighted by atomic mass is 16.3. The summed E-state index contributed by atoms with van der Waals surface area (Å²) in [4.78, 5) is 28.4. The molecule has 1 aliphatic rings. The predicted octanol–water partition coefficient (Wildman–Crippen LogP) is 6.48. The number of rotatable bonds is 4. The second kappa shape index (κ2) is 9.46. The van der Waals surface area contributed by atoms with E-state index in [1.165, 1.54) is 6.33 Å². The molecule has 4 heterocycles. The number of hydrogen-bond acceptors (Lipinski definition) is 8. The van der Waals surface area contributed by atoms with Crippen molar-refractivity contribution in [3.05, 3.63) is 132 Å². The van der Waals surface area contributed by atoms with Gasteiger partial charge in [-0.1, -0.05) is 91.0 Å². The van der Waals surface area contributed by atoms with Gasteiger partial charge in [0.1, 0.15) is 29.6 Å². The van der Waals surface area contributed by atoms with Crippen LogP contribution in [0.2, 0.25) is 0 Å². The number of amidine groups is 2. The molecule has 3 aromatic heterocycles. The summed E-state index contributed by atoms with van der Waals surface area (Å²) >= 11 is 0. The molecule has 0 aliphatic carbocycles. The van der Waals surface area contributed by atoms with Crippen molar-refractivity contribution in [1.29, 1.82) is 0 Å². The van der Waals surface area contributed by atoms with Crippen molar-refractivity contribution in [3.63, 3.8) is 0 Å². The summed E-state index contributed by atoms with van der Waals surface area (Å²) in [6, 6.07) is 34.1. The van der Waals surface area contributed by atoms with Gasteiger partial charge in [0.25, 0.3) is 0 Å². The van der Waals surface area contributed by atoms with Crippen LogP contribution in [0, 0.1) is 0 Å². The predicted molar refractivity (Wildman–Crippen MR) is 160 cm³/mol. The van der Waals surface area contributed by atoms with Crippen LogP contribution in [-0.4, -0.2) is 31.6 Å². The first-order valence-corrected chi connectivity index (χ1v) is 13.2. The quantitative estimate of drug-likeness (QED) is 0.279. The van der Waals surface area contributed by atoms with E-state index in [1.807, 2.05) is 97.2 Å². The van der Waals surface area contributed by atoms with Gasteiger partial charge in [0.15, 0.2) is 11.7 Å². The van der Waals surface area contributed by atoms with E-state index in [4.69, 9.17) is 19.4 Å². The van der Waals surface area contributed by atoms with Gasteiger partial charge in [-0.05, 0) is 17.7 Å². The maximum Gasteiger partial charge on any atom is 0.231 e. The zero-order valence-electron chi connectivity index (χ0n) is 21.6. The molecule has 8 heteroatoms. The fourth-order valence-electron chi connectivity index (χ4n) is 5.13. The van der Waals surface area contributed by atoms with Crippen LogP contribution in [0.5, 0.6) is 0 Å². The molecule has 1 N–H and O–H groups in total. The van der Waals surface area contributed by atoms with Crippen molar-refractivity contribution in [2.75, 3.05) is 0 Å². The summed E-state index contributed by atoms with van der Waals surface area (Å²) in [5, 5.41) is 6.12. The number of para-hydroxylation sites is 1. The maximum absolute atomic E-state index is 5.95. The molecule has 0 fully saturated rings. The van der Waals surface area contributed by atoms with Crippen LogP contribution in [-0.2, 0) is 0 Å². The van der Waals surface area contributed by atoms with Crippen molar-refractivity contribution in [2.45, 2.75) is 6.17 Å². The highest BCUT2D eigenvalue weighted by molar-refractivity contribution is 6.14. The molecule has 7 aromatic rings. The molecule has 1 unspecified atom stereocenters. The van der Waals surface area contributed by atoms with E-state index >= 15 is 0 Å². The minimum atomic E-state index is -0.278. The Hall–Kier alpha value is -5.76. The molecule has 0 saturated carbocycles. The Morgan fingerprint density at radius 2 is 1.54 bits per heavy atom. The van der Waals surface area contributed by atoms with E-state index in [2.05, 4.69) is 32.4 Å². The molecule has 194 valence electrons. The van der Waals surface area contributed by atoms with Crippen LogP contribution in [0.4, 0.5) is 0 Å². The van der Waals surface area contributed by atoms with Crippen molar-refractivity contribution < 1.29 is 4.42 Å². The van der Waals surface area contributed by atoms with Crippen molar-refractivity contribution in [3.8, 4) is 11.5 Å². The van der Waals surface area contributed by atoms with Gasteiger partial charge in [0.2, 0.25) is 5.71 Å². The lowest BCUT2D eigenvalue weighted by Crippen LogP contribution is -2.33. The summed E-state index contributed by atoms with van der Waals surface area (Å²) in [6.45, 7) is 0. The van der Waals surface area contributed by atoms with Gasteiger partial charge in [0.05, 0.1) is 10.9 Å². The summed E-state index contributed by atoms with van der Waals surface area (Å²) < 4.78 is 5.95. The van der Waals surface area contributed by atoms with Gasteiger partial charge in [0, 0.05) is 28.1 Å². The van der Waals surface area contributed by atoms with Crippen LogP contribution in [0.3, 0.4) is 0 Å². The Kier molecular flexibility index (Phi) is 5.34. The number of aromatic nitrogens is 4. The van der Waals surface area contributed by atoms with E-state index < -0.39 is 0 Å². The van der Waals surface area contributed by atoms with E-state index in [9.17, 15) is 0 Å². The van der Waals surface area contributed by atoms with Crippen LogP contribution in [0.25, 0.3) is 44.5 Å². The zero-order chi connectivity index (χ0) is 27.2. The summed E-state index contributed by atoms with van der Waals surface area (Å²) in [5.41, 5.74) is 5.55. The fourth-order valence-corrected chi connectivity index (χ4v) is 5.13. The molecule has 4 aromatic carbocycles. The van der Waals surface area contributed by atoms with Gasteiger partial charge >= 0.3 is 0 Å². The molecule has 0 spiro atoms. The molecule has 8 nitrogen and oxygen atoms in total. The van der Waals surface area contributed by atoms with Crippen molar-refractivity contribution >= 4 is 44.6 Å². The van der Waals surface area contributed by atoms with E-state index in [0.717, 1.165) is 49.8 Å². The number of fused-ring (bicyclic) bond motifs is 4. The van der Waals surface area contributed by atoms with Gasteiger partial charge in [-0.25, -0.2) is 29.9 Å². The van der Waals surface area contributed by atoms with Crippen molar-refractivity contribution in [2.24, 2.45) is 9.98 Å². The van der Waals surface area contributed by atoms with E-state index in [0.29, 0.717) is 23.1 Å². The number of nitrogens with zero attached hydrogens (tertiary/aromatic N) is 6. The lowest BCUT2D eigenvalue weighted by atomic mass is 10.1. The Balaban J connectivity index is 1.26. The lowest BCUT2D eigenvalue weighted by Gasteiger charge is -2.23. The van der Waals surface area contributed by atoms with Gasteiger partial charge < -0.3 is 9.73 Å². The SMILES string of the molecule is c1ccc(C2=NC(c3ccc4cnc(-c5ncnc6oc7ccccc7c56)nc4c3)=NC(c3ccccc3)N2)cc1. The normalized spacial score (nSPS) is 15.1. The number of nitrogens with one attached hydrogen (secondary N) is 1. The highest BCUT2D eigenvalue weighted by Gasteiger charge is 2.22. The Morgan fingerprint density at radius 1 is 0.732 bits per heavy atom. The van der Waals surface area contributed by atoms with Crippen molar-refractivity contribution in [1.82, 2.24) is 25.3 Å². The smallest absolute Gasteiger partial charge is 0.231 e. The third-order valence-corrected chi connectivity index (χ3v) is 7.13. The number of furan rings is 1. The number of aliphatic imine (C=N–C) groups is 2. The Morgan fingerprint density at radius 3 is 2.41 bits per heavy atom. The number of hydrogen-bond donors (Lipinski definition) is 1. The summed E-state index contributed by atoms with van der Waals surface area (Å²) in [7, 11) is 0. The Labute approximate surface area is 234 Å². The minimum absolute atomic E-state index is 0.278. The second-order valence-electron chi connectivity index (χ2n) is 9.70. The fraction of sp³-hybridized carbons (Fsp3) is 0.0303. The average Bonchev–Trinajstić information content (AvgIpc) is 3.44. The van der Waals surface area contributed by atoms with Crippen LogP contribution < -0.4 is 5.32 Å². The molecule has 1 atom stereocenters. The summed E-state index contributed by atoms with van der Waals surface area (Å²) in [6.07, 6.45) is 3.02. The molecule has 41 heavy (non-hydrogen) atoms. The minimum Gasteiger partial charge on any atom is -0.438 e. The summed E-state index contributed by atoms with van der Waals surface area (Å²) in [5.74, 6) is 1.89. The molecular weight excluding hydrogens is 510 g/mol. The Bertz CT molecular complexity index is 2140. The second-order valence-corrected chi connectivity index (χ2v) is 9.70. The first kappa shape index (κ1) is 23.2. The first-order chi connectivity index (χ1) is 20.3. The number of benzene rings is 4. The van der Waals surface area contributed by atoms with E-state index in [-0.39, 0.29) is 6.17 Å². The molecule has 0 amide bonds. The van der Waals surface area contributed by atoms with Gasteiger partial charge in [-0.3, -0.25) is 0 Å². The third-order valence-electron chi connectivity index (χ3n) is 7.13. The van der Waals surface area contributed by atoms with Crippen LogP contribution in [0.15, 0.2) is 130 Å². The molecule has 0 saturated heterocycles. The molecule has 8 rings (SSSR count). The van der Waals surface area contributed by atoms with Crippen LogP contribution in [0.1, 0.15) is 22.9 Å². The van der Waals surface area contributed by atoms with Crippen LogP contribution >= 0.6 is 0 Å². The maximum atomic E-state index is 5.95. The standard InChI is InChI=1S/C33H21N7O/c1-3-9-20(10-4-1)29-38-30(21-11-5-2-6-12-21)40-31(39-29)22-15-16-23-18-34-32(37-25(23)17-22)28-27-24-13-7-8-14-26(24)41-33(27)36-19-35-28/h1-19,29H,(H,38,39,40).